The average molecular weight is 284 g/mol. The van der Waals surface area contributed by atoms with Crippen molar-refractivity contribution in [3.8, 4) is 0 Å². The summed E-state index contributed by atoms with van der Waals surface area (Å²) in [6.45, 7) is 6.26. The lowest BCUT2D eigenvalue weighted by molar-refractivity contribution is 0.288. The summed E-state index contributed by atoms with van der Waals surface area (Å²) in [6, 6.07) is 0. The van der Waals surface area contributed by atoms with Gasteiger partial charge in [-0.1, -0.05) is 13.2 Å². The van der Waals surface area contributed by atoms with E-state index >= 15 is 0 Å². The Labute approximate surface area is 102 Å². The van der Waals surface area contributed by atoms with E-state index in [9.17, 15) is 16.8 Å². The lowest BCUT2D eigenvalue weighted by atomic mass is 10.2. The number of hydrogen-bond donors (Lipinski definition) is 0. The van der Waals surface area contributed by atoms with E-state index in [-0.39, 0.29) is 13.2 Å². The molecule has 0 saturated heterocycles. The fourth-order valence-corrected chi connectivity index (χ4v) is 1.72. The molecule has 0 aliphatic heterocycles. The third-order valence-corrected chi connectivity index (χ3v) is 3.50. The Balaban J connectivity index is 3.55. The quantitative estimate of drug-likeness (QED) is 0.441. The molecular formula is C9H16O6S2. The molecule has 0 aromatic rings. The molecule has 0 spiro atoms. The van der Waals surface area contributed by atoms with Crippen LogP contribution in [0.4, 0.5) is 0 Å². The smallest absolute Gasteiger partial charge is 0.267 e. The van der Waals surface area contributed by atoms with Gasteiger partial charge in [-0.15, -0.1) is 0 Å². The van der Waals surface area contributed by atoms with Gasteiger partial charge in [-0.25, -0.2) is 0 Å². The van der Waals surface area contributed by atoms with Crippen LogP contribution in [0.3, 0.4) is 0 Å². The Morgan fingerprint density at radius 1 is 0.765 bits per heavy atom. The molecule has 0 amide bonds. The van der Waals surface area contributed by atoms with Crippen molar-refractivity contribution in [2.75, 3.05) is 13.2 Å². The van der Waals surface area contributed by atoms with E-state index in [0.717, 1.165) is 10.8 Å². The Hall–Kier alpha value is -0.700. The summed E-state index contributed by atoms with van der Waals surface area (Å²) in [4.78, 5) is 0. The lowest BCUT2D eigenvalue weighted by Gasteiger charge is -2.02. The predicted molar refractivity (Wildman–Crippen MR) is 64.0 cm³/mol. The maximum Gasteiger partial charge on any atom is 0.289 e. The largest absolute Gasteiger partial charge is 0.289 e. The van der Waals surface area contributed by atoms with Crippen molar-refractivity contribution >= 4 is 20.2 Å². The molecule has 0 aromatic heterocycles. The van der Waals surface area contributed by atoms with Crippen LogP contribution in [0, 0.1) is 0 Å². The van der Waals surface area contributed by atoms with Gasteiger partial charge in [0, 0.05) is 0 Å². The first-order valence-corrected chi connectivity index (χ1v) is 7.81. The van der Waals surface area contributed by atoms with E-state index < -0.39 is 20.2 Å². The summed E-state index contributed by atoms with van der Waals surface area (Å²) in [5, 5.41) is 1.46. The average Bonchev–Trinajstić information content (AvgIpc) is 2.27. The molecule has 17 heavy (non-hydrogen) atoms. The molecule has 8 heteroatoms. The van der Waals surface area contributed by atoms with E-state index in [1.54, 1.807) is 0 Å². The molecule has 100 valence electrons. The van der Waals surface area contributed by atoms with Gasteiger partial charge in [0.15, 0.2) is 0 Å². The Morgan fingerprint density at radius 2 is 1.12 bits per heavy atom. The van der Waals surface area contributed by atoms with E-state index in [1.807, 2.05) is 0 Å². The summed E-state index contributed by atoms with van der Waals surface area (Å²) >= 11 is 0. The first kappa shape index (κ1) is 16.3. The highest BCUT2D eigenvalue weighted by molar-refractivity contribution is 7.89. The van der Waals surface area contributed by atoms with Crippen LogP contribution in [0.15, 0.2) is 24.0 Å². The first-order chi connectivity index (χ1) is 7.83. The highest BCUT2D eigenvalue weighted by atomic mass is 32.2. The molecule has 0 N–H and O–H groups in total. The van der Waals surface area contributed by atoms with E-state index in [0.29, 0.717) is 19.3 Å². The van der Waals surface area contributed by atoms with Crippen molar-refractivity contribution in [3.05, 3.63) is 24.0 Å². The summed E-state index contributed by atoms with van der Waals surface area (Å²) in [5.41, 5.74) is 0. The SMILES string of the molecule is C=CS(=O)(=O)OCCCCCOS(=O)(=O)C=C. The van der Waals surface area contributed by atoms with Gasteiger partial charge >= 0.3 is 0 Å². The van der Waals surface area contributed by atoms with Crippen molar-refractivity contribution in [2.45, 2.75) is 19.3 Å². The third-order valence-electron chi connectivity index (χ3n) is 1.69. The fraction of sp³-hybridized carbons (Fsp3) is 0.556. The summed E-state index contributed by atoms with van der Waals surface area (Å²) in [7, 11) is -7.23. The molecule has 0 atom stereocenters. The molecule has 0 aromatic carbocycles. The molecule has 0 fully saturated rings. The van der Waals surface area contributed by atoms with Gasteiger partial charge in [-0.3, -0.25) is 8.37 Å². The minimum Gasteiger partial charge on any atom is -0.267 e. The number of hydrogen-bond acceptors (Lipinski definition) is 6. The number of rotatable bonds is 10. The third kappa shape index (κ3) is 9.04. The molecule has 0 heterocycles. The minimum absolute atomic E-state index is 0.0442. The van der Waals surface area contributed by atoms with Gasteiger partial charge < -0.3 is 0 Å². The van der Waals surface area contributed by atoms with Crippen LogP contribution in [0.5, 0.6) is 0 Å². The van der Waals surface area contributed by atoms with Crippen molar-refractivity contribution < 1.29 is 25.2 Å². The molecule has 0 saturated carbocycles. The Morgan fingerprint density at radius 3 is 1.41 bits per heavy atom. The zero-order chi connectivity index (χ0) is 13.4. The molecule has 0 radical (unpaired) electrons. The van der Waals surface area contributed by atoms with Gasteiger partial charge in [0.2, 0.25) is 0 Å². The topological polar surface area (TPSA) is 86.7 Å². The van der Waals surface area contributed by atoms with Crippen molar-refractivity contribution in [1.82, 2.24) is 0 Å². The van der Waals surface area contributed by atoms with Crippen LogP contribution in [0.1, 0.15) is 19.3 Å². The van der Waals surface area contributed by atoms with Crippen molar-refractivity contribution in [2.24, 2.45) is 0 Å². The van der Waals surface area contributed by atoms with Crippen LogP contribution in [0.25, 0.3) is 0 Å². The maximum absolute atomic E-state index is 10.8. The summed E-state index contributed by atoms with van der Waals surface area (Å²) in [6.07, 6.45) is 1.58. The first-order valence-electron chi connectivity index (χ1n) is 4.87. The Kier molecular flexibility index (Phi) is 7.28. The normalized spacial score (nSPS) is 12.2. The zero-order valence-electron chi connectivity index (χ0n) is 9.37. The van der Waals surface area contributed by atoms with Crippen LogP contribution >= 0.6 is 0 Å². The molecule has 6 nitrogen and oxygen atoms in total. The van der Waals surface area contributed by atoms with Crippen LogP contribution in [0.2, 0.25) is 0 Å². The molecule has 0 aliphatic rings. The fourth-order valence-electron chi connectivity index (χ4n) is 0.827. The lowest BCUT2D eigenvalue weighted by Crippen LogP contribution is -2.05. The second kappa shape index (κ2) is 7.59. The van der Waals surface area contributed by atoms with Gasteiger partial charge in [0.25, 0.3) is 20.2 Å². The molecule has 0 rings (SSSR count). The van der Waals surface area contributed by atoms with Gasteiger partial charge in [0.1, 0.15) is 0 Å². The van der Waals surface area contributed by atoms with Crippen LogP contribution in [-0.4, -0.2) is 30.0 Å². The van der Waals surface area contributed by atoms with Crippen molar-refractivity contribution in [3.63, 3.8) is 0 Å². The Bertz CT molecular complexity index is 392. The minimum atomic E-state index is -3.62. The van der Waals surface area contributed by atoms with E-state index in [2.05, 4.69) is 21.5 Å². The maximum atomic E-state index is 10.8. The molecule has 0 bridgehead atoms. The highest BCUT2D eigenvalue weighted by Gasteiger charge is 2.05. The molecule has 0 aliphatic carbocycles. The van der Waals surface area contributed by atoms with Crippen molar-refractivity contribution in [1.29, 1.82) is 0 Å². The van der Waals surface area contributed by atoms with E-state index in [1.165, 1.54) is 0 Å². The second-order valence-corrected chi connectivity index (χ2v) is 6.13. The predicted octanol–water partition coefficient (Wildman–Crippen LogP) is 1.14. The zero-order valence-corrected chi connectivity index (χ0v) is 11.0. The molecular weight excluding hydrogens is 268 g/mol. The van der Waals surface area contributed by atoms with Gasteiger partial charge in [0.05, 0.1) is 24.0 Å². The standard InChI is InChI=1S/C9H16O6S2/c1-3-16(10,11)14-8-6-5-7-9-15-17(12,13)4-2/h3-4H,1-2,5-9H2. The summed E-state index contributed by atoms with van der Waals surface area (Å²) < 4.78 is 52.3. The second-order valence-electron chi connectivity index (χ2n) is 3.02. The van der Waals surface area contributed by atoms with Gasteiger partial charge in [-0.2, -0.15) is 16.8 Å². The van der Waals surface area contributed by atoms with Gasteiger partial charge in [-0.05, 0) is 19.3 Å². The number of unbranched alkanes of at least 4 members (excludes halogenated alkanes) is 2. The highest BCUT2D eigenvalue weighted by Crippen LogP contribution is 2.02. The molecule has 0 unspecified atom stereocenters. The summed E-state index contributed by atoms with van der Waals surface area (Å²) in [5.74, 6) is 0. The van der Waals surface area contributed by atoms with Crippen LogP contribution < -0.4 is 0 Å². The van der Waals surface area contributed by atoms with E-state index in [4.69, 9.17) is 0 Å². The van der Waals surface area contributed by atoms with Crippen LogP contribution in [-0.2, 0) is 28.6 Å². The monoisotopic (exact) mass is 284 g/mol.